The molecule has 6 nitrogen and oxygen atoms in total. The number of hydrogen-bond donors (Lipinski definition) is 2. The number of hydrogen-bond acceptors (Lipinski definition) is 5. The number of fused-ring (bicyclic) bond motifs is 1. The van der Waals surface area contributed by atoms with E-state index in [1.807, 2.05) is 6.07 Å². The van der Waals surface area contributed by atoms with Gasteiger partial charge >= 0.3 is 0 Å². The van der Waals surface area contributed by atoms with Gasteiger partial charge < -0.3 is 10.6 Å². The SMILES string of the molecule is CN(Cc1cn[nH]c1-c1ccc(F)cc1)C(=O)c1ccc2sc(N)nc2c1. The van der Waals surface area contributed by atoms with E-state index in [1.54, 1.807) is 42.4 Å². The number of aromatic amines is 1. The van der Waals surface area contributed by atoms with Crippen LogP contribution in [0.4, 0.5) is 9.52 Å². The van der Waals surface area contributed by atoms with Crippen molar-refractivity contribution in [1.29, 1.82) is 0 Å². The van der Waals surface area contributed by atoms with Gasteiger partial charge in [0.15, 0.2) is 5.13 Å². The molecule has 0 bridgehead atoms. The molecular weight excluding hydrogens is 365 g/mol. The number of carbonyl (C=O) groups is 1. The summed E-state index contributed by atoms with van der Waals surface area (Å²) in [7, 11) is 1.73. The fourth-order valence-corrected chi connectivity index (χ4v) is 3.64. The molecule has 0 atom stereocenters. The number of nitrogens with zero attached hydrogens (tertiary/aromatic N) is 3. The van der Waals surface area contributed by atoms with Crippen LogP contribution in [0.3, 0.4) is 0 Å². The van der Waals surface area contributed by atoms with Crippen LogP contribution in [-0.2, 0) is 6.54 Å². The molecule has 0 aliphatic carbocycles. The molecule has 0 unspecified atom stereocenters. The predicted molar refractivity (Wildman–Crippen MR) is 104 cm³/mol. The topological polar surface area (TPSA) is 87.9 Å². The van der Waals surface area contributed by atoms with Gasteiger partial charge in [-0.1, -0.05) is 11.3 Å². The van der Waals surface area contributed by atoms with Crippen LogP contribution in [-0.4, -0.2) is 33.0 Å². The number of nitrogens with two attached hydrogens (primary N) is 1. The Kier molecular flexibility index (Phi) is 4.33. The van der Waals surface area contributed by atoms with E-state index >= 15 is 0 Å². The summed E-state index contributed by atoms with van der Waals surface area (Å²) in [6.45, 7) is 0.360. The Morgan fingerprint density at radius 3 is 2.81 bits per heavy atom. The third-order valence-corrected chi connectivity index (χ3v) is 5.12. The van der Waals surface area contributed by atoms with Crippen LogP contribution in [0.15, 0.2) is 48.7 Å². The lowest BCUT2D eigenvalue weighted by Crippen LogP contribution is -2.26. The van der Waals surface area contributed by atoms with E-state index in [9.17, 15) is 9.18 Å². The Morgan fingerprint density at radius 2 is 2.04 bits per heavy atom. The number of rotatable bonds is 4. The van der Waals surface area contributed by atoms with E-state index in [0.717, 1.165) is 21.5 Å². The fourth-order valence-electron chi connectivity index (χ4n) is 2.92. The van der Waals surface area contributed by atoms with Crippen LogP contribution in [0.25, 0.3) is 21.5 Å². The first-order chi connectivity index (χ1) is 13.0. The molecule has 0 aliphatic heterocycles. The molecular formula is C19H16FN5OS. The minimum Gasteiger partial charge on any atom is -0.375 e. The molecule has 136 valence electrons. The van der Waals surface area contributed by atoms with E-state index in [4.69, 9.17) is 5.73 Å². The average Bonchev–Trinajstić information content (AvgIpc) is 3.26. The van der Waals surface area contributed by atoms with Crippen molar-refractivity contribution in [2.24, 2.45) is 0 Å². The molecule has 0 fully saturated rings. The van der Waals surface area contributed by atoms with Crippen LogP contribution in [0, 0.1) is 5.82 Å². The maximum atomic E-state index is 13.2. The van der Waals surface area contributed by atoms with E-state index in [0.29, 0.717) is 22.8 Å². The Labute approximate surface area is 158 Å². The lowest BCUT2D eigenvalue weighted by Gasteiger charge is -2.17. The van der Waals surface area contributed by atoms with Gasteiger partial charge in [0.1, 0.15) is 5.82 Å². The number of benzene rings is 2. The molecule has 2 aromatic heterocycles. The first-order valence-electron chi connectivity index (χ1n) is 8.21. The van der Waals surface area contributed by atoms with Crippen LogP contribution in [0.1, 0.15) is 15.9 Å². The quantitative estimate of drug-likeness (QED) is 0.564. The molecule has 3 N–H and O–H groups in total. The van der Waals surface area contributed by atoms with Crippen molar-refractivity contribution in [2.75, 3.05) is 12.8 Å². The summed E-state index contributed by atoms with van der Waals surface area (Å²) in [5.74, 6) is -0.431. The molecule has 2 aromatic carbocycles. The maximum absolute atomic E-state index is 13.2. The van der Waals surface area contributed by atoms with Gasteiger partial charge in [-0.3, -0.25) is 9.89 Å². The highest BCUT2D eigenvalue weighted by Crippen LogP contribution is 2.26. The Balaban J connectivity index is 1.56. The number of aromatic nitrogens is 3. The summed E-state index contributed by atoms with van der Waals surface area (Å²) in [5, 5.41) is 7.47. The van der Waals surface area contributed by atoms with Crippen molar-refractivity contribution in [3.63, 3.8) is 0 Å². The molecule has 0 aliphatic rings. The smallest absolute Gasteiger partial charge is 0.253 e. The zero-order chi connectivity index (χ0) is 19.0. The highest BCUT2D eigenvalue weighted by Gasteiger charge is 2.17. The number of nitrogen functional groups attached to an aromatic ring is 1. The van der Waals surface area contributed by atoms with Crippen molar-refractivity contribution < 1.29 is 9.18 Å². The molecule has 1 amide bonds. The standard InChI is InChI=1S/C19H16FN5OS/c1-25(18(26)12-4-7-16-15(8-12)23-19(21)27-16)10-13-9-22-24-17(13)11-2-5-14(20)6-3-11/h2-9H,10H2,1H3,(H2,21,23)(H,22,24). The summed E-state index contributed by atoms with van der Waals surface area (Å²) >= 11 is 1.39. The van der Waals surface area contributed by atoms with Crippen molar-refractivity contribution >= 4 is 32.6 Å². The lowest BCUT2D eigenvalue weighted by molar-refractivity contribution is 0.0785. The van der Waals surface area contributed by atoms with E-state index in [2.05, 4.69) is 15.2 Å². The molecule has 0 saturated carbocycles. The van der Waals surface area contributed by atoms with Gasteiger partial charge in [-0.15, -0.1) is 0 Å². The minimum absolute atomic E-state index is 0.130. The number of H-pyrrole nitrogens is 1. The number of halogens is 1. The monoisotopic (exact) mass is 381 g/mol. The molecule has 4 rings (SSSR count). The Morgan fingerprint density at radius 1 is 1.26 bits per heavy atom. The maximum Gasteiger partial charge on any atom is 0.253 e. The van der Waals surface area contributed by atoms with Crippen LogP contribution in [0.5, 0.6) is 0 Å². The van der Waals surface area contributed by atoms with Gasteiger partial charge in [-0.05, 0) is 42.5 Å². The summed E-state index contributed by atoms with van der Waals surface area (Å²) < 4.78 is 14.1. The largest absolute Gasteiger partial charge is 0.375 e. The van der Waals surface area contributed by atoms with Crippen LogP contribution >= 0.6 is 11.3 Å². The normalized spacial score (nSPS) is 11.0. The third kappa shape index (κ3) is 3.39. The number of amides is 1. The van der Waals surface area contributed by atoms with Gasteiger partial charge in [-0.25, -0.2) is 9.37 Å². The zero-order valence-corrected chi connectivity index (χ0v) is 15.3. The molecule has 0 radical (unpaired) electrons. The van der Waals surface area contributed by atoms with Crippen molar-refractivity contribution in [2.45, 2.75) is 6.54 Å². The van der Waals surface area contributed by atoms with Crippen LogP contribution in [0.2, 0.25) is 0 Å². The third-order valence-electron chi connectivity index (χ3n) is 4.26. The molecule has 2 heterocycles. The van der Waals surface area contributed by atoms with Gasteiger partial charge in [-0.2, -0.15) is 5.10 Å². The van der Waals surface area contributed by atoms with Gasteiger partial charge in [0.05, 0.1) is 22.1 Å². The van der Waals surface area contributed by atoms with E-state index in [-0.39, 0.29) is 11.7 Å². The van der Waals surface area contributed by atoms with Gasteiger partial charge in [0.2, 0.25) is 0 Å². The highest BCUT2D eigenvalue weighted by atomic mass is 32.1. The molecule has 27 heavy (non-hydrogen) atoms. The second-order valence-electron chi connectivity index (χ2n) is 6.17. The van der Waals surface area contributed by atoms with E-state index in [1.165, 1.54) is 23.5 Å². The highest BCUT2D eigenvalue weighted by molar-refractivity contribution is 7.22. The second kappa shape index (κ2) is 6.81. The molecule has 8 heteroatoms. The van der Waals surface area contributed by atoms with E-state index < -0.39 is 0 Å². The van der Waals surface area contributed by atoms with Gasteiger partial charge in [0.25, 0.3) is 5.91 Å². The minimum atomic E-state index is -0.301. The van der Waals surface area contributed by atoms with Crippen molar-refractivity contribution in [1.82, 2.24) is 20.1 Å². The summed E-state index contributed by atoms with van der Waals surface area (Å²) in [4.78, 5) is 18.6. The first kappa shape index (κ1) is 17.2. The van der Waals surface area contributed by atoms with Crippen LogP contribution < -0.4 is 5.73 Å². The fraction of sp³-hybridized carbons (Fsp3) is 0.105. The van der Waals surface area contributed by atoms with Gasteiger partial charge in [0, 0.05) is 30.3 Å². The summed E-state index contributed by atoms with van der Waals surface area (Å²) in [5.41, 5.74) is 9.40. The van der Waals surface area contributed by atoms with Crippen molar-refractivity contribution in [3.8, 4) is 11.3 Å². The summed E-state index contributed by atoms with van der Waals surface area (Å²) in [6, 6.07) is 11.5. The Bertz CT molecular complexity index is 1120. The summed E-state index contributed by atoms with van der Waals surface area (Å²) in [6.07, 6.45) is 1.67. The molecule has 4 aromatic rings. The number of nitrogens with one attached hydrogen (secondary N) is 1. The lowest BCUT2D eigenvalue weighted by atomic mass is 10.1. The molecule has 0 spiro atoms. The second-order valence-corrected chi connectivity index (χ2v) is 7.24. The Hall–Kier alpha value is -3.26. The number of anilines is 1. The number of thiazole rings is 1. The molecule has 0 saturated heterocycles. The zero-order valence-electron chi connectivity index (χ0n) is 14.4. The van der Waals surface area contributed by atoms with Crippen molar-refractivity contribution in [3.05, 3.63) is 65.6 Å². The number of carbonyl (C=O) groups excluding carboxylic acids is 1. The average molecular weight is 381 g/mol. The first-order valence-corrected chi connectivity index (χ1v) is 9.02. The predicted octanol–water partition coefficient (Wildman–Crippen LogP) is 3.68.